The molecule has 0 bridgehead atoms. The third kappa shape index (κ3) is 4.19. The van der Waals surface area contributed by atoms with Gasteiger partial charge in [0.25, 0.3) is 0 Å². The summed E-state index contributed by atoms with van der Waals surface area (Å²) >= 11 is 4.25. The average molecular weight is 433 g/mol. The second kappa shape index (κ2) is 8.45. The second-order valence-electron chi connectivity index (χ2n) is 6.78. The van der Waals surface area contributed by atoms with Crippen molar-refractivity contribution >= 4 is 47.1 Å². The van der Waals surface area contributed by atoms with Gasteiger partial charge in [-0.05, 0) is 54.6 Å². The number of aromatic amines is 1. The standard InChI is InChI=1S/C23H19N3O4S/c1-30-21-11-8-16(19-12-15-4-2-3-5-18(15)24-19)13-20(21)25-23(29)26(31)17-9-6-14(7-10-17)22(27)28/h2-13,24,31H,1H3,(H,25,29)(H,27,28). The number of carbonyl (C=O) groups is 2. The van der Waals surface area contributed by atoms with Crippen molar-refractivity contribution in [3.8, 4) is 17.0 Å². The number of nitrogens with zero attached hydrogens (tertiary/aromatic N) is 1. The monoisotopic (exact) mass is 433 g/mol. The Morgan fingerprint density at radius 1 is 1.03 bits per heavy atom. The van der Waals surface area contributed by atoms with E-state index >= 15 is 0 Å². The number of methoxy groups -OCH3 is 1. The number of aromatic nitrogens is 1. The zero-order chi connectivity index (χ0) is 22.0. The van der Waals surface area contributed by atoms with Gasteiger partial charge in [0.1, 0.15) is 5.75 Å². The van der Waals surface area contributed by atoms with Gasteiger partial charge >= 0.3 is 12.0 Å². The number of urea groups is 1. The molecule has 0 spiro atoms. The molecule has 4 aromatic rings. The summed E-state index contributed by atoms with van der Waals surface area (Å²) in [6.07, 6.45) is 0. The predicted octanol–water partition coefficient (Wildman–Crippen LogP) is 5.43. The highest BCUT2D eigenvalue weighted by Crippen LogP contribution is 2.32. The summed E-state index contributed by atoms with van der Waals surface area (Å²) in [4.78, 5) is 27.1. The number of para-hydroxylation sites is 1. The van der Waals surface area contributed by atoms with Crippen LogP contribution in [-0.2, 0) is 0 Å². The maximum atomic E-state index is 12.7. The minimum atomic E-state index is -1.04. The molecule has 0 aliphatic heterocycles. The van der Waals surface area contributed by atoms with Gasteiger partial charge in [-0.25, -0.2) is 13.9 Å². The van der Waals surface area contributed by atoms with E-state index in [-0.39, 0.29) is 5.56 Å². The normalized spacial score (nSPS) is 10.6. The number of thiol groups is 1. The number of carbonyl (C=O) groups excluding carboxylic acids is 1. The van der Waals surface area contributed by atoms with Crippen molar-refractivity contribution < 1.29 is 19.4 Å². The molecule has 0 aliphatic carbocycles. The molecule has 0 unspecified atom stereocenters. The lowest BCUT2D eigenvalue weighted by atomic mass is 10.1. The van der Waals surface area contributed by atoms with Crippen LogP contribution >= 0.6 is 12.8 Å². The molecule has 4 rings (SSSR count). The van der Waals surface area contributed by atoms with E-state index in [0.717, 1.165) is 26.5 Å². The van der Waals surface area contributed by atoms with Crippen LogP contribution in [0.5, 0.6) is 5.75 Å². The average Bonchev–Trinajstić information content (AvgIpc) is 3.23. The molecule has 0 saturated heterocycles. The summed E-state index contributed by atoms with van der Waals surface area (Å²) < 4.78 is 6.49. The number of amides is 2. The Bertz CT molecular complexity index is 1230. The van der Waals surface area contributed by atoms with Gasteiger partial charge in [-0.15, -0.1) is 0 Å². The number of nitrogens with one attached hydrogen (secondary N) is 2. The fourth-order valence-corrected chi connectivity index (χ4v) is 3.42. The van der Waals surface area contributed by atoms with Gasteiger partial charge in [0.05, 0.1) is 24.0 Å². The van der Waals surface area contributed by atoms with Crippen molar-refractivity contribution in [2.24, 2.45) is 0 Å². The SMILES string of the molecule is COc1ccc(-c2cc3ccccc3[nH]2)cc1NC(=O)N(S)c1ccc(C(=O)O)cc1. The largest absolute Gasteiger partial charge is 0.495 e. The molecule has 1 heterocycles. The Labute approximate surface area is 183 Å². The number of aromatic carboxylic acids is 1. The lowest BCUT2D eigenvalue weighted by Crippen LogP contribution is -2.27. The van der Waals surface area contributed by atoms with Crippen molar-refractivity contribution in [2.45, 2.75) is 0 Å². The van der Waals surface area contributed by atoms with Crippen molar-refractivity contribution in [1.82, 2.24) is 4.98 Å². The van der Waals surface area contributed by atoms with Crippen LogP contribution in [0.4, 0.5) is 16.2 Å². The van der Waals surface area contributed by atoms with E-state index in [9.17, 15) is 9.59 Å². The number of fused-ring (bicyclic) bond motifs is 1. The molecule has 0 radical (unpaired) electrons. The smallest absolute Gasteiger partial charge is 0.336 e. The van der Waals surface area contributed by atoms with Crippen molar-refractivity contribution in [2.75, 3.05) is 16.7 Å². The van der Waals surface area contributed by atoms with Gasteiger partial charge in [0.15, 0.2) is 0 Å². The topological polar surface area (TPSA) is 94.7 Å². The number of rotatable bonds is 5. The fourth-order valence-electron chi connectivity index (χ4n) is 3.23. The molecule has 8 heteroatoms. The Morgan fingerprint density at radius 3 is 2.45 bits per heavy atom. The highest BCUT2D eigenvalue weighted by molar-refractivity contribution is 7.82. The molecule has 2 amide bonds. The number of benzene rings is 3. The lowest BCUT2D eigenvalue weighted by molar-refractivity contribution is 0.0697. The van der Waals surface area contributed by atoms with Crippen LogP contribution in [0.1, 0.15) is 10.4 Å². The molecule has 0 saturated carbocycles. The maximum absolute atomic E-state index is 12.7. The molecule has 3 aromatic carbocycles. The Morgan fingerprint density at radius 2 is 1.77 bits per heavy atom. The molecule has 3 N–H and O–H groups in total. The Hall–Kier alpha value is -3.91. The molecular weight excluding hydrogens is 414 g/mol. The Balaban J connectivity index is 1.59. The van der Waals surface area contributed by atoms with E-state index in [0.29, 0.717) is 17.1 Å². The predicted molar refractivity (Wildman–Crippen MR) is 124 cm³/mol. The first kappa shape index (κ1) is 20.4. The summed E-state index contributed by atoms with van der Waals surface area (Å²) in [6.45, 7) is 0. The summed E-state index contributed by atoms with van der Waals surface area (Å²) in [7, 11) is 1.52. The van der Waals surface area contributed by atoms with E-state index in [2.05, 4.69) is 23.1 Å². The second-order valence-corrected chi connectivity index (χ2v) is 7.18. The number of H-pyrrole nitrogens is 1. The van der Waals surface area contributed by atoms with Crippen LogP contribution < -0.4 is 14.4 Å². The zero-order valence-electron chi connectivity index (χ0n) is 16.5. The molecule has 0 atom stereocenters. The molecule has 156 valence electrons. The number of anilines is 2. The van der Waals surface area contributed by atoms with E-state index in [1.807, 2.05) is 42.5 Å². The van der Waals surface area contributed by atoms with Crippen molar-refractivity contribution in [3.05, 3.63) is 78.4 Å². The quantitative estimate of drug-likeness (QED) is 0.316. The van der Waals surface area contributed by atoms with Crippen molar-refractivity contribution in [3.63, 3.8) is 0 Å². The van der Waals surface area contributed by atoms with E-state index < -0.39 is 12.0 Å². The minimum Gasteiger partial charge on any atom is -0.495 e. The Kier molecular flexibility index (Phi) is 5.55. The third-order valence-corrected chi connectivity index (χ3v) is 5.25. The highest BCUT2D eigenvalue weighted by atomic mass is 32.1. The van der Waals surface area contributed by atoms with Crippen molar-refractivity contribution in [1.29, 1.82) is 0 Å². The highest BCUT2D eigenvalue weighted by Gasteiger charge is 2.16. The number of hydrogen-bond acceptors (Lipinski definition) is 4. The maximum Gasteiger partial charge on any atom is 0.336 e. The molecule has 0 aliphatic rings. The van der Waals surface area contributed by atoms with E-state index in [4.69, 9.17) is 9.84 Å². The van der Waals surface area contributed by atoms with E-state index in [1.165, 1.54) is 31.4 Å². The number of carboxylic acid groups (broad SMARTS) is 1. The molecule has 1 aromatic heterocycles. The van der Waals surface area contributed by atoms with Crippen LogP contribution in [-0.4, -0.2) is 29.2 Å². The first-order valence-corrected chi connectivity index (χ1v) is 9.76. The van der Waals surface area contributed by atoms with Gasteiger partial charge in [0, 0.05) is 22.2 Å². The van der Waals surface area contributed by atoms with Gasteiger partial charge in [-0.1, -0.05) is 31.0 Å². The van der Waals surface area contributed by atoms with Crippen LogP contribution in [0, 0.1) is 0 Å². The lowest BCUT2D eigenvalue weighted by Gasteiger charge is -2.18. The fraction of sp³-hybridized carbons (Fsp3) is 0.0435. The summed E-state index contributed by atoms with van der Waals surface area (Å²) in [6, 6.07) is 20.8. The first-order valence-electron chi connectivity index (χ1n) is 9.36. The third-order valence-electron chi connectivity index (χ3n) is 4.83. The zero-order valence-corrected chi connectivity index (χ0v) is 17.4. The summed E-state index contributed by atoms with van der Waals surface area (Å²) in [5, 5.41) is 12.9. The van der Waals surface area contributed by atoms with Crippen LogP contribution in [0.3, 0.4) is 0 Å². The van der Waals surface area contributed by atoms with Gasteiger partial charge in [-0.2, -0.15) is 0 Å². The molecular formula is C23H19N3O4S. The van der Waals surface area contributed by atoms with E-state index in [1.54, 1.807) is 6.07 Å². The number of hydrogen-bond donors (Lipinski definition) is 4. The number of carboxylic acids is 1. The molecule has 31 heavy (non-hydrogen) atoms. The number of ether oxygens (including phenoxy) is 1. The molecule has 7 nitrogen and oxygen atoms in total. The minimum absolute atomic E-state index is 0.124. The van der Waals surface area contributed by atoms with Gasteiger partial charge in [0.2, 0.25) is 0 Å². The van der Waals surface area contributed by atoms with Crippen LogP contribution in [0.25, 0.3) is 22.2 Å². The summed E-state index contributed by atoms with van der Waals surface area (Å²) in [5.41, 5.74) is 3.83. The first-order chi connectivity index (χ1) is 15.0. The molecule has 0 fully saturated rings. The van der Waals surface area contributed by atoms with Gasteiger partial charge in [-0.3, -0.25) is 0 Å². The summed E-state index contributed by atoms with van der Waals surface area (Å²) in [5.74, 6) is -0.545. The van der Waals surface area contributed by atoms with Gasteiger partial charge < -0.3 is 20.1 Å². The van der Waals surface area contributed by atoms with Crippen LogP contribution in [0.15, 0.2) is 72.8 Å². The van der Waals surface area contributed by atoms with Crippen LogP contribution in [0.2, 0.25) is 0 Å².